The average molecular weight is 481 g/mol. The molecule has 35 heavy (non-hydrogen) atoms. The summed E-state index contributed by atoms with van der Waals surface area (Å²) in [6, 6.07) is 14.0. The summed E-state index contributed by atoms with van der Waals surface area (Å²) >= 11 is 0. The summed E-state index contributed by atoms with van der Waals surface area (Å²) < 4.78 is 12.4. The van der Waals surface area contributed by atoms with Gasteiger partial charge in [-0.25, -0.2) is 9.78 Å². The maximum absolute atomic E-state index is 13.6. The molecule has 8 nitrogen and oxygen atoms in total. The molecule has 0 radical (unpaired) electrons. The molecule has 2 aromatic carbocycles. The third-order valence-electron chi connectivity index (χ3n) is 6.08. The molecule has 0 aliphatic carbocycles. The van der Waals surface area contributed by atoms with Crippen LogP contribution >= 0.6 is 0 Å². The van der Waals surface area contributed by atoms with Crippen molar-refractivity contribution in [2.45, 2.75) is 52.1 Å². The van der Waals surface area contributed by atoms with Crippen LogP contribution in [0.1, 0.15) is 51.4 Å². The third-order valence-corrected chi connectivity index (χ3v) is 6.08. The van der Waals surface area contributed by atoms with Crippen LogP contribution in [0.25, 0.3) is 10.9 Å². The van der Waals surface area contributed by atoms with Crippen molar-refractivity contribution in [2.75, 3.05) is 32.7 Å². The minimum absolute atomic E-state index is 0.125. The summed E-state index contributed by atoms with van der Waals surface area (Å²) in [4.78, 5) is 33.8. The van der Waals surface area contributed by atoms with Gasteiger partial charge in [-0.05, 0) is 37.1 Å². The van der Waals surface area contributed by atoms with Gasteiger partial charge in [0, 0.05) is 13.7 Å². The lowest BCUT2D eigenvalue weighted by atomic mass is 10.1. The Morgan fingerprint density at radius 1 is 1.09 bits per heavy atom. The second-order valence-corrected chi connectivity index (χ2v) is 8.39. The van der Waals surface area contributed by atoms with Gasteiger partial charge < -0.3 is 19.7 Å². The fourth-order valence-electron chi connectivity index (χ4n) is 4.25. The SMILES string of the molecule is CCCCCN(C(=O)Nc1ccccc1OC)C(CC)c1nc2ccccc2c(=O)n1CCOC. The summed E-state index contributed by atoms with van der Waals surface area (Å²) in [7, 11) is 3.18. The number of para-hydroxylation sites is 3. The second kappa shape index (κ2) is 12.9. The number of fused-ring (bicyclic) bond motifs is 1. The van der Waals surface area contributed by atoms with E-state index in [1.807, 2.05) is 49.4 Å². The smallest absolute Gasteiger partial charge is 0.322 e. The van der Waals surface area contributed by atoms with Crippen LogP contribution in [0.5, 0.6) is 5.75 Å². The molecule has 0 bridgehead atoms. The largest absolute Gasteiger partial charge is 0.495 e. The summed E-state index contributed by atoms with van der Waals surface area (Å²) in [6.07, 6.45) is 3.48. The van der Waals surface area contributed by atoms with Gasteiger partial charge >= 0.3 is 6.03 Å². The topological polar surface area (TPSA) is 85.7 Å². The van der Waals surface area contributed by atoms with Gasteiger partial charge in [0.05, 0.1) is 42.9 Å². The second-order valence-electron chi connectivity index (χ2n) is 8.39. The van der Waals surface area contributed by atoms with E-state index in [-0.39, 0.29) is 11.6 Å². The van der Waals surface area contributed by atoms with Crippen molar-refractivity contribution in [3.8, 4) is 5.75 Å². The van der Waals surface area contributed by atoms with E-state index in [1.54, 1.807) is 29.8 Å². The number of ether oxygens (including phenoxy) is 2. The van der Waals surface area contributed by atoms with Crippen molar-refractivity contribution in [1.29, 1.82) is 0 Å². The lowest BCUT2D eigenvalue weighted by Crippen LogP contribution is -2.42. The van der Waals surface area contributed by atoms with E-state index < -0.39 is 6.04 Å². The number of amides is 2. The van der Waals surface area contributed by atoms with Gasteiger partial charge in [-0.2, -0.15) is 0 Å². The van der Waals surface area contributed by atoms with Crippen LogP contribution < -0.4 is 15.6 Å². The van der Waals surface area contributed by atoms with Crippen LogP contribution in [-0.2, 0) is 11.3 Å². The standard InChI is InChI=1S/C27H36N4O4/c1-5-7-12-17-30(27(33)29-22-15-10-11-16-24(22)35-4)23(6-2)25-28-21-14-9-8-13-20(21)26(32)31(25)18-19-34-3/h8-11,13-16,23H,5-7,12,17-19H2,1-4H3,(H,29,33). The van der Waals surface area contributed by atoms with Gasteiger partial charge in [-0.3, -0.25) is 9.36 Å². The van der Waals surface area contributed by atoms with E-state index in [4.69, 9.17) is 14.5 Å². The van der Waals surface area contributed by atoms with Crippen molar-refractivity contribution in [1.82, 2.24) is 14.5 Å². The molecule has 0 saturated carbocycles. The van der Waals surface area contributed by atoms with Crippen molar-refractivity contribution in [3.63, 3.8) is 0 Å². The molecule has 1 unspecified atom stereocenters. The highest BCUT2D eigenvalue weighted by atomic mass is 16.5. The van der Waals surface area contributed by atoms with Crippen molar-refractivity contribution < 1.29 is 14.3 Å². The van der Waals surface area contributed by atoms with Gasteiger partial charge in [0.25, 0.3) is 5.56 Å². The number of hydrogen-bond acceptors (Lipinski definition) is 5. The molecule has 1 heterocycles. The Balaban J connectivity index is 2.07. The molecule has 0 aliphatic heterocycles. The summed E-state index contributed by atoms with van der Waals surface area (Å²) in [5.74, 6) is 1.16. The Kier molecular flexibility index (Phi) is 9.66. The van der Waals surface area contributed by atoms with E-state index >= 15 is 0 Å². The fraction of sp³-hybridized carbons (Fsp3) is 0.444. The lowest BCUT2D eigenvalue weighted by Gasteiger charge is -2.32. The van der Waals surface area contributed by atoms with Crippen molar-refractivity contribution >= 4 is 22.6 Å². The highest BCUT2D eigenvalue weighted by Crippen LogP contribution is 2.28. The molecule has 0 fully saturated rings. The van der Waals surface area contributed by atoms with Gasteiger partial charge in [0.2, 0.25) is 0 Å². The summed E-state index contributed by atoms with van der Waals surface area (Å²) in [6.45, 7) is 5.41. The highest BCUT2D eigenvalue weighted by Gasteiger charge is 2.29. The predicted octanol–water partition coefficient (Wildman–Crippen LogP) is 5.23. The zero-order chi connectivity index (χ0) is 25.2. The zero-order valence-electron chi connectivity index (χ0n) is 21.1. The first-order valence-corrected chi connectivity index (χ1v) is 12.2. The maximum atomic E-state index is 13.6. The first-order chi connectivity index (χ1) is 17.0. The number of nitrogens with zero attached hydrogens (tertiary/aromatic N) is 3. The van der Waals surface area contributed by atoms with Gasteiger partial charge in [0.1, 0.15) is 11.6 Å². The van der Waals surface area contributed by atoms with Gasteiger partial charge in [-0.1, -0.05) is 51.0 Å². The van der Waals surface area contributed by atoms with Crippen molar-refractivity contribution in [3.05, 3.63) is 64.7 Å². The molecule has 0 aliphatic rings. The number of nitrogens with one attached hydrogen (secondary N) is 1. The third kappa shape index (κ3) is 6.19. The van der Waals surface area contributed by atoms with E-state index in [2.05, 4.69) is 12.2 Å². The molecule has 1 atom stereocenters. The number of unbranched alkanes of at least 4 members (excludes halogenated alkanes) is 2. The molecule has 1 aromatic heterocycles. The first kappa shape index (κ1) is 26.2. The Morgan fingerprint density at radius 3 is 2.54 bits per heavy atom. The van der Waals surface area contributed by atoms with Crippen LogP contribution in [0.4, 0.5) is 10.5 Å². The number of carbonyl (C=O) groups is 1. The number of hydrogen-bond donors (Lipinski definition) is 1. The number of methoxy groups -OCH3 is 2. The van der Waals surface area contributed by atoms with Gasteiger partial charge in [-0.15, -0.1) is 0 Å². The Hall–Kier alpha value is -3.39. The molecule has 188 valence electrons. The molecular weight excluding hydrogens is 444 g/mol. The normalized spacial score (nSPS) is 11.9. The van der Waals surface area contributed by atoms with Crippen LogP contribution in [0.15, 0.2) is 53.3 Å². The number of benzene rings is 2. The molecular formula is C27H36N4O4. The monoisotopic (exact) mass is 480 g/mol. The number of carbonyl (C=O) groups excluding carboxylic acids is 1. The molecule has 1 N–H and O–H groups in total. The highest BCUT2D eigenvalue weighted by molar-refractivity contribution is 5.91. The molecule has 0 spiro atoms. The maximum Gasteiger partial charge on any atom is 0.322 e. The quantitative estimate of drug-likeness (QED) is 0.359. The fourth-order valence-corrected chi connectivity index (χ4v) is 4.25. The average Bonchev–Trinajstić information content (AvgIpc) is 2.88. The van der Waals surface area contributed by atoms with Crippen molar-refractivity contribution in [2.24, 2.45) is 0 Å². The van der Waals surface area contributed by atoms with E-state index in [9.17, 15) is 9.59 Å². The van der Waals surface area contributed by atoms with E-state index in [0.717, 1.165) is 19.3 Å². The molecule has 2 amide bonds. The predicted molar refractivity (Wildman–Crippen MR) is 139 cm³/mol. The zero-order valence-corrected chi connectivity index (χ0v) is 21.1. The summed E-state index contributed by atoms with van der Waals surface area (Å²) in [5.41, 5.74) is 1.09. The van der Waals surface area contributed by atoms with E-state index in [1.165, 1.54) is 0 Å². The van der Waals surface area contributed by atoms with Crippen LogP contribution in [-0.4, -0.2) is 47.9 Å². The Morgan fingerprint density at radius 2 is 1.83 bits per heavy atom. The van der Waals surface area contributed by atoms with Crippen LogP contribution in [0, 0.1) is 0 Å². The molecule has 3 aromatic rings. The number of urea groups is 1. The minimum atomic E-state index is -0.393. The molecule has 0 saturated heterocycles. The number of rotatable bonds is 12. The summed E-state index contributed by atoms with van der Waals surface area (Å²) in [5, 5.41) is 3.56. The lowest BCUT2D eigenvalue weighted by molar-refractivity contribution is 0.168. The molecule has 3 rings (SSSR count). The van der Waals surface area contributed by atoms with Crippen LogP contribution in [0.2, 0.25) is 0 Å². The minimum Gasteiger partial charge on any atom is -0.495 e. The van der Waals surface area contributed by atoms with Crippen LogP contribution in [0.3, 0.4) is 0 Å². The van der Waals surface area contributed by atoms with Gasteiger partial charge in [0.15, 0.2) is 0 Å². The van der Waals surface area contributed by atoms with E-state index in [0.29, 0.717) is 54.3 Å². The number of anilines is 1. The molecule has 8 heteroatoms. The Bertz CT molecular complexity index is 1180. The Labute approximate surface area is 206 Å². The first-order valence-electron chi connectivity index (χ1n) is 12.2. The number of aromatic nitrogens is 2.